The monoisotopic (exact) mass is 437 g/mol. The summed E-state index contributed by atoms with van der Waals surface area (Å²) >= 11 is 6.20. The first-order chi connectivity index (χ1) is 14.9. The molecular weight excluding hydrogens is 414 g/mol. The molecule has 31 heavy (non-hydrogen) atoms. The van der Waals surface area contributed by atoms with Crippen molar-refractivity contribution in [2.75, 3.05) is 7.05 Å². The second-order valence-corrected chi connectivity index (χ2v) is 7.50. The number of urea groups is 1. The van der Waals surface area contributed by atoms with Crippen molar-refractivity contribution >= 4 is 23.5 Å². The van der Waals surface area contributed by atoms with Crippen molar-refractivity contribution in [1.82, 2.24) is 10.2 Å². The zero-order valence-electron chi connectivity index (χ0n) is 17.1. The van der Waals surface area contributed by atoms with E-state index in [2.05, 4.69) is 5.32 Å². The van der Waals surface area contributed by atoms with Gasteiger partial charge in [0.25, 0.3) is 0 Å². The fourth-order valence-corrected chi connectivity index (χ4v) is 3.34. The summed E-state index contributed by atoms with van der Waals surface area (Å²) in [5, 5.41) is 3.25. The summed E-state index contributed by atoms with van der Waals surface area (Å²) in [6.45, 7) is 0.360. The van der Waals surface area contributed by atoms with Crippen LogP contribution in [0.3, 0.4) is 0 Å². The molecule has 6 nitrogen and oxygen atoms in total. The van der Waals surface area contributed by atoms with E-state index in [9.17, 15) is 9.59 Å². The van der Waals surface area contributed by atoms with E-state index in [-0.39, 0.29) is 12.3 Å². The number of hydrogen-bond acceptors (Lipinski definition) is 3. The normalized spacial score (nSPS) is 11.4. The van der Waals surface area contributed by atoms with Gasteiger partial charge in [-0.2, -0.15) is 0 Å². The summed E-state index contributed by atoms with van der Waals surface area (Å²) in [6, 6.07) is 22.6. The maximum Gasteiger partial charge on any atom is 0.312 e. The molecule has 0 aromatic heterocycles. The Labute approximate surface area is 186 Å². The smallest absolute Gasteiger partial charge is 0.312 e. The largest absolute Gasteiger partial charge is 0.457 e. The molecule has 0 saturated carbocycles. The molecule has 0 heterocycles. The van der Waals surface area contributed by atoms with Gasteiger partial charge in [-0.15, -0.1) is 0 Å². The molecule has 3 aromatic rings. The number of halogens is 1. The summed E-state index contributed by atoms with van der Waals surface area (Å²) in [7, 11) is 1.70. The molecular formula is C24H24ClN3O3. The molecule has 3 N–H and O–H groups in total. The summed E-state index contributed by atoms with van der Waals surface area (Å²) in [5.74, 6) is 1.12. The SMILES string of the molecule is CN(Cc1ccccc1Cl)C(=O)CC(NC(N)=O)c1cccc(Oc2ccccc2)c1. The van der Waals surface area contributed by atoms with Gasteiger partial charge in [0.2, 0.25) is 5.91 Å². The van der Waals surface area contributed by atoms with Crippen molar-refractivity contribution in [3.63, 3.8) is 0 Å². The van der Waals surface area contributed by atoms with Gasteiger partial charge < -0.3 is 20.7 Å². The van der Waals surface area contributed by atoms with Crippen LogP contribution in [-0.4, -0.2) is 23.9 Å². The van der Waals surface area contributed by atoms with Crippen molar-refractivity contribution < 1.29 is 14.3 Å². The Balaban J connectivity index is 1.74. The average molecular weight is 438 g/mol. The van der Waals surface area contributed by atoms with Gasteiger partial charge in [0, 0.05) is 18.6 Å². The van der Waals surface area contributed by atoms with Crippen LogP contribution in [0.5, 0.6) is 11.5 Å². The van der Waals surface area contributed by atoms with E-state index in [0.29, 0.717) is 28.6 Å². The third-order valence-electron chi connectivity index (χ3n) is 4.73. The number of nitrogens with one attached hydrogen (secondary N) is 1. The number of ether oxygens (including phenoxy) is 1. The van der Waals surface area contributed by atoms with Crippen LogP contribution in [0.2, 0.25) is 5.02 Å². The molecule has 0 aliphatic rings. The van der Waals surface area contributed by atoms with Crippen LogP contribution < -0.4 is 15.8 Å². The molecule has 1 unspecified atom stereocenters. The molecule has 3 rings (SSSR count). The number of rotatable bonds is 8. The topological polar surface area (TPSA) is 84.7 Å². The number of carbonyl (C=O) groups excluding carboxylic acids is 2. The lowest BCUT2D eigenvalue weighted by molar-refractivity contribution is -0.130. The van der Waals surface area contributed by atoms with Crippen molar-refractivity contribution in [2.45, 2.75) is 19.0 Å². The molecule has 3 amide bonds. The Morgan fingerprint density at radius 3 is 2.39 bits per heavy atom. The predicted octanol–water partition coefficient (Wildman–Crippen LogP) is 4.89. The number of benzene rings is 3. The summed E-state index contributed by atoms with van der Waals surface area (Å²) < 4.78 is 5.86. The van der Waals surface area contributed by atoms with Crippen molar-refractivity contribution in [2.24, 2.45) is 5.73 Å². The van der Waals surface area contributed by atoms with Crippen LogP contribution in [0.25, 0.3) is 0 Å². The zero-order chi connectivity index (χ0) is 22.2. The molecule has 1 atom stereocenters. The molecule has 0 aliphatic carbocycles. The van der Waals surface area contributed by atoms with Crippen LogP contribution in [0, 0.1) is 0 Å². The highest BCUT2D eigenvalue weighted by molar-refractivity contribution is 6.31. The Hall–Kier alpha value is -3.51. The molecule has 160 valence electrons. The fourth-order valence-electron chi connectivity index (χ4n) is 3.14. The number of nitrogens with zero attached hydrogens (tertiary/aromatic N) is 1. The molecule has 0 fully saturated rings. The van der Waals surface area contributed by atoms with E-state index < -0.39 is 12.1 Å². The Kier molecular flexibility index (Phi) is 7.51. The number of hydrogen-bond donors (Lipinski definition) is 2. The van der Waals surface area contributed by atoms with Crippen LogP contribution >= 0.6 is 11.6 Å². The third kappa shape index (κ3) is 6.49. The van der Waals surface area contributed by atoms with Gasteiger partial charge >= 0.3 is 6.03 Å². The average Bonchev–Trinajstić information content (AvgIpc) is 2.75. The standard InChI is InChI=1S/C24H24ClN3O3/c1-28(16-18-8-5-6-13-21(18)25)23(29)15-22(27-24(26)30)17-9-7-12-20(14-17)31-19-10-3-2-4-11-19/h2-14,22H,15-16H2,1H3,(H3,26,27,30). The fraction of sp³-hybridized carbons (Fsp3) is 0.167. The first-order valence-electron chi connectivity index (χ1n) is 9.78. The molecule has 0 bridgehead atoms. The van der Waals surface area contributed by atoms with E-state index in [1.165, 1.54) is 0 Å². The summed E-state index contributed by atoms with van der Waals surface area (Å²) in [5.41, 5.74) is 6.92. The second-order valence-electron chi connectivity index (χ2n) is 7.09. The highest BCUT2D eigenvalue weighted by Gasteiger charge is 2.21. The van der Waals surface area contributed by atoms with Crippen LogP contribution in [-0.2, 0) is 11.3 Å². The molecule has 3 aromatic carbocycles. The minimum Gasteiger partial charge on any atom is -0.457 e. The molecule has 0 radical (unpaired) electrons. The van der Waals surface area contributed by atoms with Crippen LogP contribution in [0.4, 0.5) is 4.79 Å². The van der Waals surface area contributed by atoms with Gasteiger partial charge in [0.1, 0.15) is 11.5 Å². The Morgan fingerprint density at radius 2 is 1.68 bits per heavy atom. The maximum atomic E-state index is 12.9. The van der Waals surface area contributed by atoms with E-state index >= 15 is 0 Å². The van der Waals surface area contributed by atoms with Crippen LogP contribution in [0.1, 0.15) is 23.6 Å². The highest BCUT2D eigenvalue weighted by Crippen LogP contribution is 2.26. The van der Waals surface area contributed by atoms with E-state index in [4.69, 9.17) is 22.1 Å². The Bertz CT molecular complexity index is 1040. The van der Waals surface area contributed by atoms with Crippen molar-refractivity contribution in [3.05, 3.63) is 95.0 Å². The number of carbonyl (C=O) groups is 2. The van der Waals surface area contributed by atoms with E-state index in [1.807, 2.05) is 60.7 Å². The first kappa shape index (κ1) is 22.2. The zero-order valence-corrected chi connectivity index (χ0v) is 17.9. The van der Waals surface area contributed by atoms with Gasteiger partial charge in [0.05, 0.1) is 12.5 Å². The van der Waals surface area contributed by atoms with E-state index in [1.54, 1.807) is 30.1 Å². The maximum absolute atomic E-state index is 12.9. The van der Waals surface area contributed by atoms with Crippen molar-refractivity contribution in [1.29, 1.82) is 0 Å². The lowest BCUT2D eigenvalue weighted by atomic mass is 10.0. The molecule has 0 spiro atoms. The predicted molar refractivity (Wildman–Crippen MR) is 121 cm³/mol. The minimum atomic E-state index is -0.707. The lowest BCUT2D eigenvalue weighted by Gasteiger charge is -2.23. The van der Waals surface area contributed by atoms with Gasteiger partial charge in [-0.1, -0.05) is 60.1 Å². The number of primary amides is 1. The van der Waals surface area contributed by atoms with Gasteiger partial charge in [-0.3, -0.25) is 4.79 Å². The molecule has 0 aliphatic heterocycles. The second kappa shape index (κ2) is 10.5. The van der Waals surface area contributed by atoms with Gasteiger partial charge in [0.15, 0.2) is 0 Å². The van der Waals surface area contributed by atoms with Crippen molar-refractivity contribution in [3.8, 4) is 11.5 Å². The first-order valence-corrected chi connectivity index (χ1v) is 10.2. The van der Waals surface area contributed by atoms with Gasteiger partial charge in [-0.25, -0.2) is 4.79 Å². The lowest BCUT2D eigenvalue weighted by Crippen LogP contribution is -2.37. The third-order valence-corrected chi connectivity index (χ3v) is 5.09. The van der Waals surface area contributed by atoms with Crippen LogP contribution in [0.15, 0.2) is 78.9 Å². The number of amides is 3. The minimum absolute atomic E-state index is 0.0404. The van der Waals surface area contributed by atoms with Gasteiger partial charge in [-0.05, 0) is 41.5 Å². The molecule has 0 saturated heterocycles. The van der Waals surface area contributed by atoms with E-state index in [0.717, 1.165) is 5.56 Å². The highest BCUT2D eigenvalue weighted by atomic mass is 35.5. The number of para-hydroxylation sites is 1. The quantitative estimate of drug-likeness (QED) is 0.526. The summed E-state index contributed by atoms with van der Waals surface area (Å²) in [6.07, 6.45) is 0.0404. The number of nitrogens with two attached hydrogens (primary N) is 1. The molecule has 7 heteroatoms. The summed E-state index contributed by atoms with van der Waals surface area (Å²) in [4.78, 5) is 26.0. The Morgan fingerprint density at radius 1 is 1.00 bits per heavy atom.